The highest BCUT2D eigenvalue weighted by atomic mass is 16.1. The SMILES string of the molecule is NC(=O)c1cc(C2CCCCC2)nn1C1CCCCC1. The molecule has 2 aliphatic rings. The maximum Gasteiger partial charge on any atom is 0.266 e. The quantitative estimate of drug-likeness (QED) is 0.917. The molecule has 0 aromatic carbocycles. The van der Waals surface area contributed by atoms with E-state index in [0.29, 0.717) is 17.7 Å². The van der Waals surface area contributed by atoms with Gasteiger partial charge < -0.3 is 5.73 Å². The van der Waals surface area contributed by atoms with Crippen LogP contribution in [0.4, 0.5) is 0 Å². The van der Waals surface area contributed by atoms with E-state index >= 15 is 0 Å². The third kappa shape index (κ3) is 2.74. The van der Waals surface area contributed by atoms with Crippen LogP contribution in [0.1, 0.15) is 92.4 Å². The number of nitrogens with two attached hydrogens (primary N) is 1. The van der Waals surface area contributed by atoms with Crippen LogP contribution in [-0.4, -0.2) is 15.7 Å². The number of hydrogen-bond donors (Lipinski definition) is 1. The molecule has 1 aromatic heterocycles. The Kier molecular flexibility index (Phi) is 4.08. The minimum atomic E-state index is -0.329. The fourth-order valence-electron chi connectivity index (χ4n) is 3.80. The Morgan fingerprint density at radius 2 is 1.65 bits per heavy atom. The highest BCUT2D eigenvalue weighted by Crippen LogP contribution is 2.34. The minimum absolute atomic E-state index is 0.329. The van der Waals surface area contributed by atoms with E-state index in [9.17, 15) is 4.79 Å². The lowest BCUT2D eigenvalue weighted by Crippen LogP contribution is -2.22. The predicted octanol–water partition coefficient (Wildman–Crippen LogP) is 3.53. The van der Waals surface area contributed by atoms with Crippen molar-refractivity contribution >= 4 is 5.91 Å². The third-order valence-corrected chi connectivity index (χ3v) is 4.95. The van der Waals surface area contributed by atoms with Gasteiger partial charge in [-0.15, -0.1) is 0 Å². The summed E-state index contributed by atoms with van der Waals surface area (Å²) < 4.78 is 1.95. The van der Waals surface area contributed by atoms with Gasteiger partial charge in [0.25, 0.3) is 5.91 Å². The van der Waals surface area contributed by atoms with Crippen molar-refractivity contribution in [1.29, 1.82) is 0 Å². The molecule has 1 heterocycles. The van der Waals surface area contributed by atoms with Gasteiger partial charge in [0.15, 0.2) is 0 Å². The summed E-state index contributed by atoms with van der Waals surface area (Å²) in [5.41, 5.74) is 7.29. The van der Waals surface area contributed by atoms with Crippen LogP contribution in [0.25, 0.3) is 0 Å². The molecule has 0 atom stereocenters. The summed E-state index contributed by atoms with van der Waals surface area (Å²) in [7, 11) is 0. The van der Waals surface area contributed by atoms with Gasteiger partial charge >= 0.3 is 0 Å². The van der Waals surface area contributed by atoms with Gasteiger partial charge in [0.1, 0.15) is 5.69 Å². The third-order valence-electron chi connectivity index (χ3n) is 4.95. The molecule has 1 amide bonds. The molecule has 0 spiro atoms. The molecule has 4 heteroatoms. The van der Waals surface area contributed by atoms with Crippen LogP contribution >= 0.6 is 0 Å². The molecule has 0 bridgehead atoms. The number of nitrogens with zero attached hydrogens (tertiary/aromatic N) is 2. The second-order valence-corrected chi connectivity index (χ2v) is 6.39. The van der Waals surface area contributed by atoms with Crippen molar-refractivity contribution in [1.82, 2.24) is 9.78 Å². The molecule has 2 fully saturated rings. The van der Waals surface area contributed by atoms with Gasteiger partial charge in [-0.1, -0.05) is 38.5 Å². The Balaban J connectivity index is 1.87. The van der Waals surface area contributed by atoms with Gasteiger partial charge in [0.05, 0.1) is 11.7 Å². The first-order chi connectivity index (χ1) is 9.75. The van der Waals surface area contributed by atoms with E-state index in [4.69, 9.17) is 10.8 Å². The van der Waals surface area contributed by atoms with Gasteiger partial charge in [-0.2, -0.15) is 5.10 Å². The molecule has 0 unspecified atom stereocenters. The number of amides is 1. The second-order valence-electron chi connectivity index (χ2n) is 6.39. The second kappa shape index (κ2) is 5.98. The number of carbonyl (C=O) groups is 1. The first kappa shape index (κ1) is 13.7. The van der Waals surface area contributed by atoms with E-state index in [1.807, 2.05) is 10.7 Å². The highest BCUT2D eigenvalue weighted by molar-refractivity contribution is 5.91. The van der Waals surface area contributed by atoms with Gasteiger partial charge in [-0.05, 0) is 31.7 Å². The molecule has 0 saturated heterocycles. The van der Waals surface area contributed by atoms with Gasteiger partial charge in [0, 0.05) is 5.92 Å². The predicted molar refractivity (Wildman–Crippen MR) is 78.7 cm³/mol. The Hall–Kier alpha value is -1.32. The van der Waals surface area contributed by atoms with E-state index in [0.717, 1.165) is 18.5 Å². The molecule has 20 heavy (non-hydrogen) atoms. The highest BCUT2D eigenvalue weighted by Gasteiger charge is 2.25. The van der Waals surface area contributed by atoms with Crippen molar-refractivity contribution in [2.45, 2.75) is 76.2 Å². The van der Waals surface area contributed by atoms with E-state index in [1.165, 1.54) is 51.4 Å². The van der Waals surface area contributed by atoms with E-state index in [1.54, 1.807) is 0 Å². The average Bonchev–Trinajstić information content (AvgIpc) is 2.94. The molecule has 2 saturated carbocycles. The van der Waals surface area contributed by atoms with Crippen molar-refractivity contribution in [3.8, 4) is 0 Å². The summed E-state index contributed by atoms with van der Waals surface area (Å²) in [6.45, 7) is 0. The van der Waals surface area contributed by atoms with E-state index < -0.39 is 0 Å². The van der Waals surface area contributed by atoms with Crippen LogP contribution in [0.15, 0.2) is 6.07 Å². The topological polar surface area (TPSA) is 60.9 Å². The largest absolute Gasteiger partial charge is 0.364 e. The Morgan fingerprint density at radius 3 is 2.25 bits per heavy atom. The maximum atomic E-state index is 11.7. The van der Waals surface area contributed by atoms with Crippen LogP contribution in [-0.2, 0) is 0 Å². The fourth-order valence-corrected chi connectivity index (χ4v) is 3.80. The molecule has 110 valence electrons. The zero-order valence-electron chi connectivity index (χ0n) is 12.2. The molecular formula is C16H25N3O. The summed E-state index contributed by atoms with van der Waals surface area (Å²) in [4.78, 5) is 11.7. The van der Waals surface area contributed by atoms with Crippen LogP contribution in [0.2, 0.25) is 0 Å². The number of carbonyl (C=O) groups excluding carboxylic acids is 1. The summed E-state index contributed by atoms with van der Waals surface area (Å²) in [6, 6.07) is 2.34. The lowest BCUT2D eigenvalue weighted by atomic mass is 9.87. The summed E-state index contributed by atoms with van der Waals surface area (Å²) in [5.74, 6) is 0.205. The van der Waals surface area contributed by atoms with Crippen LogP contribution in [0, 0.1) is 0 Å². The van der Waals surface area contributed by atoms with Gasteiger partial charge in [0.2, 0.25) is 0 Å². The Morgan fingerprint density at radius 1 is 1.05 bits per heavy atom. The first-order valence-corrected chi connectivity index (χ1v) is 8.15. The van der Waals surface area contributed by atoms with Crippen LogP contribution in [0.3, 0.4) is 0 Å². The average molecular weight is 275 g/mol. The van der Waals surface area contributed by atoms with E-state index in [-0.39, 0.29) is 5.91 Å². The normalized spacial score (nSPS) is 22.0. The van der Waals surface area contributed by atoms with Crippen molar-refractivity contribution < 1.29 is 4.79 Å². The zero-order chi connectivity index (χ0) is 13.9. The maximum absolute atomic E-state index is 11.7. The standard InChI is InChI=1S/C16H25N3O/c17-16(20)15-11-14(12-7-3-1-4-8-12)18-19(15)13-9-5-2-6-10-13/h11-13H,1-10H2,(H2,17,20). The smallest absolute Gasteiger partial charge is 0.266 e. The summed E-state index contributed by atoms with van der Waals surface area (Å²) in [6.07, 6.45) is 12.4. The molecule has 0 aliphatic heterocycles. The van der Waals surface area contributed by atoms with Gasteiger partial charge in [-0.3, -0.25) is 9.48 Å². The summed E-state index contributed by atoms with van der Waals surface area (Å²) in [5, 5.41) is 4.79. The fraction of sp³-hybridized carbons (Fsp3) is 0.750. The zero-order valence-corrected chi connectivity index (χ0v) is 12.2. The first-order valence-electron chi connectivity index (χ1n) is 8.15. The molecule has 0 radical (unpaired) electrons. The van der Waals surface area contributed by atoms with Crippen molar-refractivity contribution in [2.24, 2.45) is 5.73 Å². The molecular weight excluding hydrogens is 250 g/mol. The molecule has 3 rings (SSSR count). The lowest BCUT2D eigenvalue weighted by Gasteiger charge is -2.23. The van der Waals surface area contributed by atoms with Crippen LogP contribution in [0.5, 0.6) is 0 Å². The Bertz CT molecular complexity index is 468. The monoisotopic (exact) mass is 275 g/mol. The van der Waals surface area contributed by atoms with E-state index in [2.05, 4.69) is 0 Å². The number of rotatable bonds is 3. The van der Waals surface area contributed by atoms with Crippen molar-refractivity contribution in [2.75, 3.05) is 0 Å². The number of hydrogen-bond acceptors (Lipinski definition) is 2. The Labute approximate surface area is 120 Å². The summed E-state index contributed by atoms with van der Waals surface area (Å²) >= 11 is 0. The molecule has 2 aliphatic carbocycles. The number of aromatic nitrogens is 2. The molecule has 2 N–H and O–H groups in total. The van der Waals surface area contributed by atoms with Crippen molar-refractivity contribution in [3.63, 3.8) is 0 Å². The van der Waals surface area contributed by atoms with Gasteiger partial charge in [-0.25, -0.2) is 0 Å². The minimum Gasteiger partial charge on any atom is -0.364 e. The van der Waals surface area contributed by atoms with Crippen molar-refractivity contribution in [3.05, 3.63) is 17.5 Å². The van der Waals surface area contributed by atoms with Crippen LogP contribution < -0.4 is 5.73 Å². The molecule has 4 nitrogen and oxygen atoms in total. The lowest BCUT2D eigenvalue weighted by molar-refractivity contribution is 0.0985. The molecule has 1 aromatic rings. The number of primary amides is 1.